The third-order valence-electron chi connectivity index (χ3n) is 4.54. The molecule has 0 spiro atoms. The van der Waals surface area contributed by atoms with Crippen LogP contribution < -0.4 is 14.2 Å². The van der Waals surface area contributed by atoms with Crippen LogP contribution in [0.5, 0.6) is 17.2 Å². The van der Waals surface area contributed by atoms with Gasteiger partial charge in [-0.15, -0.1) is 8.78 Å². The first-order chi connectivity index (χ1) is 15.8. The fourth-order valence-electron chi connectivity index (χ4n) is 3.08. The van der Waals surface area contributed by atoms with Crippen molar-refractivity contribution in [3.05, 3.63) is 72.1 Å². The largest absolute Gasteiger partial charge is 0.493 e. The molecule has 0 bridgehead atoms. The first-order valence-corrected chi connectivity index (χ1v) is 11.3. The minimum atomic E-state index is -3.84. The maximum absolute atomic E-state index is 13.0. The zero-order valence-corrected chi connectivity index (χ0v) is 18.8. The lowest BCUT2D eigenvalue weighted by molar-refractivity contribution is -0.0964. The van der Waals surface area contributed by atoms with Gasteiger partial charge in [0.05, 0.1) is 40.4 Å². The maximum Gasteiger partial charge on any atom is 0.487 e. The zero-order chi connectivity index (χ0) is 23.4. The summed E-state index contributed by atoms with van der Waals surface area (Å²) in [7, 11) is -0.132. The van der Waals surface area contributed by atoms with E-state index in [2.05, 4.69) is 19.7 Å². The molecule has 0 aliphatic carbocycles. The summed E-state index contributed by atoms with van der Waals surface area (Å²) in [6.07, 6.45) is 1.54. The van der Waals surface area contributed by atoms with Crippen molar-refractivity contribution >= 4 is 33.4 Å². The van der Waals surface area contributed by atoms with E-state index in [1.54, 1.807) is 6.07 Å². The Balaban J connectivity index is 1.56. The maximum atomic E-state index is 13.0. The number of benzene rings is 2. The molecule has 0 aliphatic rings. The summed E-state index contributed by atoms with van der Waals surface area (Å²) in [5.74, 6) is 0.675. The average molecular weight is 494 g/mol. The van der Waals surface area contributed by atoms with Crippen molar-refractivity contribution in [3.63, 3.8) is 0 Å². The van der Waals surface area contributed by atoms with Crippen LogP contribution >= 0.6 is 11.6 Å². The van der Waals surface area contributed by atoms with E-state index >= 15 is 0 Å². The van der Waals surface area contributed by atoms with E-state index in [0.29, 0.717) is 28.2 Å². The molecule has 33 heavy (non-hydrogen) atoms. The Kier molecular flexibility index (Phi) is 6.75. The van der Waals surface area contributed by atoms with Gasteiger partial charge in [-0.25, -0.2) is 4.98 Å². The molecule has 1 N–H and O–H groups in total. The Morgan fingerprint density at radius 3 is 2.67 bits per heavy atom. The van der Waals surface area contributed by atoms with Crippen molar-refractivity contribution in [1.82, 2.24) is 15.0 Å². The SMILES string of the molecule is COc1ccnc(CS(=O)c2nc3ccc(OC(F)(F)Cl)cc3[nH]2)c1OCc1ccccc1. The van der Waals surface area contributed by atoms with E-state index < -0.39 is 16.4 Å². The smallest absolute Gasteiger partial charge is 0.487 e. The first kappa shape index (κ1) is 22.9. The number of methoxy groups -OCH3 is 1. The van der Waals surface area contributed by atoms with Crippen LogP contribution in [0.3, 0.4) is 0 Å². The van der Waals surface area contributed by atoms with E-state index in [1.807, 2.05) is 30.3 Å². The number of H-pyrrole nitrogens is 1. The summed E-state index contributed by atoms with van der Waals surface area (Å²) in [5.41, 5.74) is -1.66. The average Bonchev–Trinajstić information content (AvgIpc) is 3.21. The van der Waals surface area contributed by atoms with Gasteiger partial charge in [0.1, 0.15) is 12.4 Å². The number of nitrogens with one attached hydrogen (secondary N) is 1. The van der Waals surface area contributed by atoms with Gasteiger partial charge in [-0.05, 0) is 17.7 Å². The molecule has 2 aromatic heterocycles. The summed E-state index contributed by atoms with van der Waals surface area (Å²) < 4.78 is 54.5. The van der Waals surface area contributed by atoms with Crippen LogP contribution in [-0.2, 0) is 23.2 Å². The number of alkyl halides is 3. The van der Waals surface area contributed by atoms with Crippen molar-refractivity contribution < 1.29 is 27.2 Å². The number of hydrogen-bond acceptors (Lipinski definition) is 6. The number of pyridine rings is 1. The summed E-state index contributed by atoms with van der Waals surface area (Å²) >= 11 is 4.81. The topological polar surface area (TPSA) is 86.3 Å². The number of fused-ring (bicyclic) bond motifs is 1. The fourth-order valence-corrected chi connectivity index (χ4v) is 4.19. The lowest BCUT2D eigenvalue weighted by Crippen LogP contribution is -2.15. The van der Waals surface area contributed by atoms with Gasteiger partial charge in [-0.1, -0.05) is 30.3 Å². The van der Waals surface area contributed by atoms with Crippen LogP contribution in [-0.4, -0.2) is 31.8 Å². The van der Waals surface area contributed by atoms with Gasteiger partial charge in [0, 0.05) is 29.9 Å². The highest BCUT2D eigenvalue weighted by atomic mass is 35.5. The Morgan fingerprint density at radius 1 is 1.15 bits per heavy atom. The predicted octanol–water partition coefficient (Wildman–Crippen LogP) is 5.02. The predicted molar refractivity (Wildman–Crippen MR) is 119 cm³/mol. The number of halogens is 3. The quantitative estimate of drug-likeness (QED) is 0.329. The molecule has 0 fully saturated rings. The third kappa shape index (κ3) is 5.77. The standard InChI is InChI=1S/C22H18ClF2N3O4S/c1-30-19-9-10-26-18(20(19)31-12-14-5-3-2-4-6-14)13-33(29)21-27-16-8-7-15(11-17(16)28-21)32-22(23,24)25/h2-11H,12-13H2,1H3,(H,27,28). The number of hydrogen-bond donors (Lipinski definition) is 1. The van der Waals surface area contributed by atoms with Crippen LogP contribution in [0, 0.1) is 0 Å². The second kappa shape index (κ2) is 9.72. The van der Waals surface area contributed by atoms with Crippen molar-refractivity contribution in [1.29, 1.82) is 0 Å². The number of nitrogens with zero attached hydrogens (tertiary/aromatic N) is 2. The number of rotatable bonds is 9. The first-order valence-electron chi connectivity index (χ1n) is 9.65. The molecule has 1 atom stereocenters. The normalized spacial score (nSPS) is 12.5. The van der Waals surface area contributed by atoms with Gasteiger partial charge in [0.2, 0.25) is 0 Å². The summed E-state index contributed by atoms with van der Waals surface area (Å²) in [6, 6.07) is 15.3. The van der Waals surface area contributed by atoms with Gasteiger partial charge in [-0.3, -0.25) is 9.19 Å². The molecule has 2 heterocycles. The molecule has 0 saturated heterocycles. The lowest BCUT2D eigenvalue weighted by atomic mass is 10.2. The second-order valence-electron chi connectivity index (χ2n) is 6.82. The summed E-state index contributed by atoms with van der Waals surface area (Å²) in [6.45, 7) is 0.279. The molecule has 0 aliphatic heterocycles. The molecule has 1 unspecified atom stereocenters. The van der Waals surface area contributed by atoms with Crippen molar-refractivity contribution in [2.24, 2.45) is 0 Å². The van der Waals surface area contributed by atoms with Crippen LogP contribution in [0.4, 0.5) is 8.78 Å². The fraction of sp³-hybridized carbons (Fsp3) is 0.182. The highest BCUT2D eigenvalue weighted by molar-refractivity contribution is 7.84. The van der Waals surface area contributed by atoms with Gasteiger partial charge in [-0.2, -0.15) is 0 Å². The minimum absolute atomic E-state index is 0.00967. The number of aromatic amines is 1. The van der Waals surface area contributed by atoms with E-state index in [-0.39, 0.29) is 23.3 Å². The molecule has 2 aromatic carbocycles. The number of aromatic nitrogens is 3. The van der Waals surface area contributed by atoms with E-state index in [1.165, 1.54) is 31.5 Å². The van der Waals surface area contributed by atoms with Crippen molar-refractivity contribution in [3.8, 4) is 17.2 Å². The molecule has 7 nitrogen and oxygen atoms in total. The molecular formula is C22H18ClF2N3O4S. The van der Waals surface area contributed by atoms with Crippen LogP contribution in [0.25, 0.3) is 11.0 Å². The lowest BCUT2D eigenvalue weighted by Gasteiger charge is -2.14. The van der Waals surface area contributed by atoms with E-state index in [9.17, 15) is 13.0 Å². The molecule has 172 valence electrons. The summed E-state index contributed by atoms with van der Waals surface area (Å²) in [5, 5.41) is 0.151. The minimum Gasteiger partial charge on any atom is -0.493 e. The highest BCUT2D eigenvalue weighted by Crippen LogP contribution is 2.32. The molecule has 0 saturated carbocycles. The molecule has 0 radical (unpaired) electrons. The molecule has 4 rings (SSSR count). The number of imidazole rings is 1. The Labute approximate surface area is 195 Å². The Bertz CT molecular complexity index is 1280. The Hall–Kier alpha value is -3.24. The zero-order valence-electron chi connectivity index (χ0n) is 17.3. The van der Waals surface area contributed by atoms with Gasteiger partial charge < -0.3 is 19.2 Å². The molecule has 4 aromatic rings. The highest BCUT2D eigenvalue weighted by Gasteiger charge is 2.28. The van der Waals surface area contributed by atoms with Crippen molar-refractivity contribution in [2.75, 3.05) is 7.11 Å². The van der Waals surface area contributed by atoms with Crippen LogP contribution in [0.2, 0.25) is 0 Å². The van der Waals surface area contributed by atoms with E-state index in [0.717, 1.165) is 5.56 Å². The molecule has 0 amide bonds. The monoisotopic (exact) mass is 493 g/mol. The van der Waals surface area contributed by atoms with Gasteiger partial charge in [0.25, 0.3) is 0 Å². The second-order valence-corrected chi connectivity index (χ2v) is 8.63. The van der Waals surface area contributed by atoms with Crippen molar-refractivity contribution in [2.45, 2.75) is 23.1 Å². The molecular weight excluding hydrogens is 476 g/mol. The summed E-state index contributed by atoms with van der Waals surface area (Å²) in [4.78, 5) is 11.5. The Morgan fingerprint density at radius 2 is 1.94 bits per heavy atom. The van der Waals surface area contributed by atoms with E-state index in [4.69, 9.17) is 21.1 Å². The van der Waals surface area contributed by atoms with Gasteiger partial charge >= 0.3 is 5.57 Å². The van der Waals surface area contributed by atoms with Crippen LogP contribution in [0.15, 0.2) is 66.0 Å². The van der Waals surface area contributed by atoms with Crippen LogP contribution in [0.1, 0.15) is 11.3 Å². The molecule has 11 heteroatoms. The number of ether oxygens (including phenoxy) is 3. The van der Waals surface area contributed by atoms with Gasteiger partial charge in [0.15, 0.2) is 16.7 Å². The third-order valence-corrected chi connectivity index (χ3v) is 5.77.